The maximum Gasteiger partial charge on any atom is 0.410 e. The molecule has 0 atom stereocenters. The fourth-order valence-electron chi connectivity index (χ4n) is 1.77. The normalized spacial score (nSPS) is 16.7. The van der Waals surface area contributed by atoms with Crippen LogP contribution in [0.2, 0.25) is 0 Å². The first-order valence-corrected chi connectivity index (χ1v) is 5.80. The summed E-state index contributed by atoms with van der Waals surface area (Å²) in [6.07, 6.45) is 1.09. The van der Waals surface area contributed by atoms with Gasteiger partial charge in [0.15, 0.2) is 12.1 Å². The number of nitrogens with zero attached hydrogens (tertiary/aromatic N) is 1. The highest BCUT2D eigenvalue weighted by Gasteiger charge is 2.29. The summed E-state index contributed by atoms with van der Waals surface area (Å²) in [5.41, 5.74) is -0.507. The topological polar surface area (TPSA) is 95.2 Å². The van der Waals surface area contributed by atoms with E-state index in [2.05, 4.69) is 0 Å². The maximum atomic E-state index is 11.7. The third-order valence-corrected chi connectivity index (χ3v) is 2.67. The quantitative estimate of drug-likeness (QED) is 0.535. The van der Waals surface area contributed by atoms with Crippen LogP contribution in [0.4, 0.5) is 4.79 Å². The van der Waals surface area contributed by atoms with Gasteiger partial charge in [0, 0.05) is 19.0 Å². The monoisotopic (exact) mass is 259 g/mol. The minimum atomic E-state index is -0.507. The molecule has 1 saturated heterocycles. The van der Waals surface area contributed by atoms with E-state index in [1.165, 1.54) is 0 Å². The van der Waals surface area contributed by atoms with Crippen molar-refractivity contribution in [1.82, 2.24) is 4.90 Å². The lowest BCUT2D eigenvalue weighted by Crippen LogP contribution is -2.43. The number of hydrogen-bond donors (Lipinski definition) is 0. The van der Waals surface area contributed by atoms with E-state index < -0.39 is 5.60 Å². The highest BCUT2D eigenvalue weighted by Crippen LogP contribution is 2.19. The van der Waals surface area contributed by atoms with E-state index in [9.17, 15) is 14.4 Å². The number of carbonyl (C=O) groups is 3. The van der Waals surface area contributed by atoms with Crippen LogP contribution in [-0.2, 0) is 14.3 Å². The molecule has 18 heavy (non-hydrogen) atoms. The van der Waals surface area contributed by atoms with Gasteiger partial charge in [-0.1, -0.05) is 0 Å². The van der Waals surface area contributed by atoms with E-state index in [4.69, 9.17) is 4.74 Å². The summed E-state index contributed by atoms with van der Waals surface area (Å²) in [6, 6.07) is 0. The molecule has 2 N–H and O–H groups in total. The summed E-state index contributed by atoms with van der Waals surface area (Å²) in [6.45, 7) is 6.38. The fourth-order valence-corrected chi connectivity index (χ4v) is 1.77. The molecule has 0 aromatic heterocycles. The Hall–Kier alpha value is -1.43. The Morgan fingerprint density at radius 3 is 2.11 bits per heavy atom. The number of piperidine rings is 1. The summed E-state index contributed by atoms with van der Waals surface area (Å²) in [7, 11) is 0. The number of carbonyl (C=O) groups excluding carboxylic acids is 3. The Kier molecular flexibility index (Phi) is 5.97. The SMILES string of the molecule is CC(C)(C)OC(=O)N1CCC(C(=O)C=O)CC1.O. The number of aldehydes is 1. The van der Waals surface area contributed by atoms with Gasteiger partial charge >= 0.3 is 6.09 Å². The van der Waals surface area contributed by atoms with Crippen molar-refractivity contribution in [2.75, 3.05) is 13.1 Å². The first-order valence-electron chi connectivity index (χ1n) is 5.80. The standard InChI is InChI=1S/C12H19NO4.H2O/c1-12(2,3)17-11(16)13-6-4-9(5-7-13)10(15)8-14;/h8-9H,4-7H2,1-3H3;1H2. The van der Waals surface area contributed by atoms with Crippen LogP contribution in [0.1, 0.15) is 33.6 Å². The Morgan fingerprint density at radius 1 is 1.22 bits per heavy atom. The van der Waals surface area contributed by atoms with Crippen molar-refractivity contribution in [3.63, 3.8) is 0 Å². The van der Waals surface area contributed by atoms with E-state index in [0.29, 0.717) is 32.2 Å². The molecule has 6 nitrogen and oxygen atoms in total. The number of Topliss-reactive ketones (excluding diaryl/α,β-unsaturated/α-hetero) is 1. The summed E-state index contributed by atoms with van der Waals surface area (Å²) < 4.78 is 5.23. The van der Waals surface area contributed by atoms with Crippen LogP contribution in [0.3, 0.4) is 0 Å². The van der Waals surface area contributed by atoms with E-state index in [1.54, 1.807) is 4.90 Å². The third-order valence-electron chi connectivity index (χ3n) is 2.67. The average Bonchev–Trinajstić information content (AvgIpc) is 2.26. The van der Waals surface area contributed by atoms with Crippen molar-refractivity contribution in [2.24, 2.45) is 5.92 Å². The summed E-state index contributed by atoms with van der Waals surface area (Å²) in [5, 5.41) is 0. The zero-order chi connectivity index (χ0) is 13.1. The van der Waals surface area contributed by atoms with Crippen LogP contribution in [-0.4, -0.2) is 47.2 Å². The lowest BCUT2D eigenvalue weighted by Gasteiger charge is -2.32. The Morgan fingerprint density at radius 2 is 1.72 bits per heavy atom. The molecule has 0 saturated carbocycles. The van der Waals surface area contributed by atoms with Gasteiger partial charge in [0.05, 0.1) is 0 Å². The van der Waals surface area contributed by atoms with Gasteiger partial charge in [0.2, 0.25) is 0 Å². The molecule has 0 unspecified atom stereocenters. The van der Waals surface area contributed by atoms with Crippen LogP contribution in [0, 0.1) is 5.92 Å². The average molecular weight is 259 g/mol. The predicted molar refractivity (Wildman–Crippen MR) is 65.2 cm³/mol. The van der Waals surface area contributed by atoms with Gasteiger partial charge in [-0.15, -0.1) is 0 Å². The largest absolute Gasteiger partial charge is 0.444 e. The minimum Gasteiger partial charge on any atom is -0.444 e. The van der Waals surface area contributed by atoms with Crippen LogP contribution in [0.25, 0.3) is 0 Å². The van der Waals surface area contributed by atoms with Crippen LogP contribution >= 0.6 is 0 Å². The molecule has 1 fully saturated rings. The van der Waals surface area contributed by atoms with Gasteiger partial charge in [-0.05, 0) is 33.6 Å². The van der Waals surface area contributed by atoms with E-state index in [-0.39, 0.29) is 23.3 Å². The first-order chi connectivity index (χ1) is 7.83. The number of hydrogen-bond acceptors (Lipinski definition) is 4. The Labute approximate surface area is 107 Å². The Bertz CT molecular complexity index is 313. The summed E-state index contributed by atoms with van der Waals surface area (Å²) >= 11 is 0. The molecule has 0 spiro atoms. The molecule has 0 bridgehead atoms. The molecule has 0 aromatic rings. The smallest absolute Gasteiger partial charge is 0.410 e. The van der Waals surface area contributed by atoms with E-state index >= 15 is 0 Å². The number of rotatable bonds is 2. The zero-order valence-electron chi connectivity index (χ0n) is 11.1. The number of amides is 1. The molecule has 1 aliphatic rings. The van der Waals surface area contributed by atoms with Crippen molar-refractivity contribution < 1.29 is 24.6 Å². The molecular weight excluding hydrogens is 238 g/mol. The van der Waals surface area contributed by atoms with Gasteiger partial charge in [-0.2, -0.15) is 0 Å². The van der Waals surface area contributed by atoms with Gasteiger partial charge in [-0.3, -0.25) is 9.59 Å². The lowest BCUT2D eigenvalue weighted by molar-refractivity contribution is -0.133. The van der Waals surface area contributed by atoms with Crippen molar-refractivity contribution in [1.29, 1.82) is 0 Å². The molecule has 6 heteroatoms. The molecular formula is C12H21NO5. The predicted octanol–water partition coefficient (Wildman–Crippen LogP) is 0.577. The highest BCUT2D eigenvalue weighted by molar-refractivity contribution is 6.25. The molecule has 0 aliphatic carbocycles. The molecule has 1 heterocycles. The van der Waals surface area contributed by atoms with E-state index in [0.717, 1.165) is 0 Å². The van der Waals surface area contributed by atoms with Crippen molar-refractivity contribution >= 4 is 18.2 Å². The third kappa shape index (κ3) is 4.83. The molecule has 1 aliphatic heterocycles. The lowest BCUT2D eigenvalue weighted by atomic mass is 9.93. The van der Waals surface area contributed by atoms with Gasteiger partial charge in [0.25, 0.3) is 0 Å². The van der Waals surface area contributed by atoms with Gasteiger partial charge < -0.3 is 15.1 Å². The minimum absolute atomic E-state index is 0. The summed E-state index contributed by atoms with van der Waals surface area (Å²) in [4.78, 5) is 34.8. The molecule has 0 radical (unpaired) electrons. The first kappa shape index (κ1) is 16.6. The molecule has 1 amide bonds. The number of ketones is 1. The van der Waals surface area contributed by atoms with Crippen molar-refractivity contribution in [2.45, 2.75) is 39.2 Å². The molecule has 0 aromatic carbocycles. The van der Waals surface area contributed by atoms with Gasteiger partial charge in [0.1, 0.15) is 5.60 Å². The second kappa shape index (κ2) is 6.49. The second-order valence-corrected chi connectivity index (χ2v) is 5.26. The molecule has 1 rings (SSSR count). The maximum absolute atomic E-state index is 11.7. The van der Waals surface area contributed by atoms with Crippen molar-refractivity contribution in [3.05, 3.63) is 0 Å². The van der Waals surface area contributed by atoms with E-state index in [1.807, 2.05) is 20.8 Å². The zero-order valence-corrected chi connectivity index (χ0v) is 11.1. The highest BCUT2D eigenvalue weighted by atomic mass is 16.6. The number of ether oxygens (including phenoxy) is 1. The number of likely N-dealkylation sites (tertiary alicyclic amines) is 1. The van der Waals surface area contributed by atoms with Gasteiger partial charge in [-0.25, -0.2) is 4.79 Å². The van der Waals surface area contributed by atoms with Crippen LogP contribution in [0.15, 0.2) is 0 Å². The molecule has 104 valence electrons. The fraction of sp³-hybridized carbons (Fsp3) is 0.750. The van der Waals surface area contributed by atoms with Crippen molar-refractivity contribution in [3.8, 4) is 0 Å². The van der Waals surface area contributed by atoms with Crippen LogP contribution in [0.5, 0.6) is 0 Å². The van der Waals surface area contributed by atoms with Crippen LogP contribution < -0.4 is 0 Å². The Balaban J connectivity index is 0.00000289. The second-order valence-electron chi connectivity index (χ2n) is 5.26. The summed E-state index contributed by atoms with van der Waals surface area (Å²) in [5.74, 6) is -0.597.